The van der Waals surface area contributed by atoms with Crippen molar-refractivity contribution >= 4 is 5.97 Å². The van der Waals surface area contributed by atoms with Gasteiger partial charge in [-0.2, -0.15) is 0 Å². The van der Waals surface area contributed by atoms with E-state index >= 15 is 0 Å². The van der Waals surface area contributed by atoms with Gasteiger partial charge in [-0.05, 0) is 82.1 Å². The highest BCUT2D eigenvalue weighted by Gasteiger charge is 2.58. The van der Waals surface area contributed by atoms with Gasteiger partial charge in [0.25, 0.3) is 0 Å². The van der Waals surface area contributed by atoms with Crippen LogP contribution >= 0.6 is 0 Å². The maximum absolute atomic E-state index is 12.3. The number of hydrogen-bond donors (Lipinski definition) is 0. The molecule has 4 aliphatic carbocycles. The van der Waals surface area contributed by atoms with Crippen LogP contribution < -0.4 is 0 Å². The molecule has 2 unspecified atom stereocenters. The summed E-state index contributed by atoms with van der Waals surface area (Å²) in [5.74, 6) is 1.59. The van der Waals surface area contributed by atoms with Crippen LogP contribution in [0.4, 0.5) is 0 Å². The smallest absolute Gasteiger partial charge is 0.311 e. The molecule has 2 nitrogen and oxygen atoms in total. The van der Waals surface area contributed by atoms with Gasteiger partial charge >= 0.3 is 5.97 Å². The van der Waals surface area contributed by atoms with Crippen molar-refractivity contribution in [2.75, 3.05) is 6.61 Å². The minimum absolute atomic E-state index is 0.0491. The first-order chi connectivity index (χ1) is 11.3. The van der Waals surface area contributed by atoms with Crippen molar-refractivity contribution in [3.05, 3.63) is 35.9 Å². The number of esters is 1. The fourth-order valence-corrected chi connectivity index (χ4v) is 6.19. The monoisotopic (exact) mass is 326 g/mol. The number of rotatable bonds is 3. The van der Waals surface area contributed by atoms with Crippen molar-refractivity contribution in [1.29, 1.82) is 0 Å². The van der Waals surface area contributed by atoms with Crippen LogP contribution in [0.5, 0.6) is 0 Å². The van der Waals surface area contributed by atoms with E-state index in [2.05, 4.69) is 30.3 Å². The minimum Gasteiger partial charge on any atom is -0.465 e. The van der Waals surface area contributed by atoms with E-state index < -0.39 is 5.41 Å². The number of benzene rings is 1. The van der Waals surface area contributed by atoms with Crippen molar-refractivity contribution in [2.45, 2.75) is 64.7 Å². The van der Waals surface area contributed by atoms with Gasteiger partial charge in [-0.3, -0.25) is 4.79 Å². The van der Waals surface area contributed by atoms with Gasteiger partial charge in [-0.15, -0.1) is 0 Å². The van der Waals surface area contributed by atoms with Crippen LogP contribution in [0, 0.1) is 22.7 Å². The Morgan fingerprint density at radius 3 is 2.29 bits per heavy atom. The molecule has 24 heavy (non-hydrogen) atoms. The molecular formula is C22H30O2. The summed E-state index contributed by atoms with van der Waals surface area (Å²) in [6.07, 6.45) is 7.79. The lowest BCUT2D eigenvalue weighted by molar-refractivity contribution is -0.166. The number of hydrogen-bond acceptors (Lipinski definition) is 2. The van der Waals surface area contributed by atoms with Crippen molar-refractivity contribution in [3.63, 3.8) is 0 Å². The average molecular weight is 326 g/mol. The zero-order valence-electron chi connectivity index (χ0n) is 15.3. The second-order valence-electron chi connectivity index (χ2n) is 9.93. The van der Waals surface area contributed by atoms with Gasteiger partial charge in [0.2, 0.25) is 0 Å². The number of ether oxygens (including phenoxy) is 1. The lowest BCUT2D eigenvalue weighted by Crippen LogP contribution is -2.55. The Morgan fingerprint density at radius 1 is 1.08 bits per heavy atom. The first-order valence-corrected chi connectivity index (χ1v) is 9.53. The molecule has 4 saturated carbocycles. The molecule has 0 saturated heterocycles. The van der Waals surface area contributed by atoms with Crippen molar-refractivity contribution < 1.29 is 9.53 Å². The van der Waals surface area contributed by atoms with Crippen LogP contribution in [0.15, 0.2) is 30.3 Å². The SMILES string of the molecule is CC(C)(C)C(=O)OCC12CC3CC(C1)CC(c1ccccc1)(C3)C2. The third kappa shape index (κ3) is 2.68. The Balaban J connectivity index is 1.58. The molecule has 130 valence electrons. The molecule has 2 heteroatoms. The number of carbonyl (C=O) groups is 1. The Labute approximate surface area is 146 Å². The van der Waals surface area contributed by atoms with Crippen molar-refractivity contribution in [2.24, 2.45) is 22.7 Å². The molecular weight excluding hydrogens is 296 g/mol. The third-order valence-corrected chi connectivity index (χ3v) is 6.69. The molecule has 4 aliphatic rings. The third-order valence-electron chi connectivity index (χ3n) is 6.69. The van der Waals surface area contributed by atoms with Gasteiger partial charge in [-0.1, -0.05) is 30.3 Å². The zero-order chi connectivity index (χ0) is 17.0. The summed E-state index contributed by atoms with van der Waals surface area (Å²) in [6.45, 7) is 6.46. The average Bonchev–Trinajstić information content (AvgIpc) is 2.51. The summed E-state index contributed by atoms with van der Waals surface area (Å²) in [6, 6.07) is 11.1. The Hall–Kier alpha value is -1.31. The second kappa shape index (κ2) is 5.34. The van der Waals surface area contributed by atoms with Crippen molar-refractivity contribution in [3.8, 4) is 0 Å². The van der Waals surface area contributed by atoms with Crippen LogP contribution in [0.1, 0.15) is 64.9 Å². The molecule has 0 heterocycles. The first-order valence-electron chi connectivity index (χ1n) is 9.53. The highest BCUT2D eigenvalue weighted by Crippen LogP contribution is 2.65. The molecule has 4 bridgehead atoms. The van der Waals surface area contributed by atoms with E-state index in [0.29, 0.717) is 12.0 Å². The molecule has 0 amide bonds. The molecule has 1 aromatic rings. The summed E-state index contributed by atoms with van der Waals surface area (Å²) in [5, 5.41) is 0. The minimum atomic E-state index is -0.403. The molecule has 0 aliphatic heterocycles. The maximum Gasteiger partial charge on any atom is 0.311 e. The zero-order valence-corrected chi connectivity index (χ0v) is 15.3. The fourth-order valence-electron chi connectivity index (χ4n) is 6.19. The molecule has 0 spiro atoms. The summed E-state index contributed by atoms with van der Waals surface area (Å²) in [7, 11) is 0. The Morgan fingerprint density at radius 2 is 1.71 bits per heavy atom. The lowest BCUT2D eigenvalue weighted by atomic mass is 9.43. The molecule has 0 radical (unpaired) electrons. The van der Waals surface area contributed by atoms with Crippen LogP contribution in [0.3, 0.4) is 0 Å². The summed E-state index contributed by atoms with van der Waals surface area (Å²) >= 11 is 0. The summed E-state index contributed by atoms with van der Waals surface area (Å²) in [4.78, 5) is 12.3. The van der Waals surface area contributed by atoms with E-state index in [1.54, 1.807) is 0 Å². The van der Waals surface area contributed by atoms with Crippen LogP contribution in [0.2, 0.25) is 0 Å². The van der Waals surface area contributed by atoms with Crippen LogP contribution in [-0.2, 0) is 14.9 Å². The van der Waals surface area contributed by atoms with Crippen LogP contribution in [-0.4, -0.2) is 12.6 Å². The van der Waals surface area contributed by atoms with Gasteiger partial charge in [-0.25, -0.2) is 0 Å². The summed E-state index contributed by atoms with van der Waals surface area (Å²) in [5.41, 5.74) is 1.67. The van der Waals surface area contributed by atoms with E-state index in [1.165, 1.54) is 44.1 Å². The predicted molar refractivity (Wildman–Crippen MR) is 95.6 cm³/mol. The molecule has 5 rings (SSSR count). The molecule has 0 N–H and O–H groups in total. The van der Waals surface area contributed by atoms with Gasteiger partial charge in [0, 0.05) is 5.41 Å². The van der Waals surface area contributed by atoms with E-state index in [-0.39, 0.29) is 11.4 Å². The van der Waals surface area contributed by atoms with E-state index in [9.17, 15) is 4.79 Å². The molecule has 1 aromatic carbocycles. The van der Waals surface area contributed by atoms with Crippen molar-refractivity contribution in [1.82, 2.24) is 0 Å². The normalized spacial score (nSPS) is 37.5. The van der Waals surface area contributed by atoms with E-state index in [1.807, 2.05) is 20.8 Å². The van der Waals surface area contributed by atoms with Gasteiger partial charge < -0.3 is 4.74 Å². The Bertz CT molecular complexity index is 611. The first kappa shape index (κ1) is 16.2. The topological polar surface area (TPSA) is 26.3 Å². The molecule has 0 aromatic heterocycles. The van der Waals surface area contributed by atoms with E-state index in [4.69, 9.17) is 4.74 Å². The largest absolute Gasteiger partial charge is 0.465 e. The van der Waals surface area contributed by atoms with Gasteiger partial charge in [0.1, 0.15) is 0 Å². The van der Waals surface area contributed by atoms with Gasteiger partial charge in [0.15, 0.2) is 0 Å². The quantitative estimate of drug-likeness (QED) is 0.721. The molecule has 2 atom stereocenters. The van der Waals surface area contributed by atoms with Gasteiger partial charge in [0.05, 0.1) is 12.0 Å². The lowest BCUT2D eigenvalue weighted by Gasteiger charge is -2.62. The number of carbonyl (C=O) groups excluding carboxylic acids is 1. The Kier molecular flexibility index (Phi) is 3.60. The highest BCUT2D eigenvalue weighted by molar-refractivity contribution is 5.75. The van der Waals surface area contributed by atoms with E-state index in [0.717, 1.165) is 11.8 Å². The standard InChI is InChI=1S/C22H30O2/c1-20(2,3)19(23)24-15-21-10-16-9-17(11-21)13-22(12-16,14-21)18-7-5-4-6-8-18/h4-8,16-17H,9-15H2,1-3H3. The maximum atomic E-state index is 12.3. The predicted octanol–water partition coefficient (Wildman–Crippen LogP) is 5.11. The highest BCUT2D eigenvalue weighted by atomic mass is 16.5. The summed E-state index contributed by atoms with van der Waals surface area (Å²) < 4.78 is 5.83. The molecule has 4 fully saturated rings. The fraction of sp³-hybridized carbons (Fsp3) is 0.682. The second-order valence-corrected chi connectivity index (χ2v) is 9.93. The van der Waals surface area contributed by atoms with Crippen LogP contribution in [0.25, 0.3) is 0 Å².